The van der Waals surface area contributed by atoms with Gasteiger partial charge in [0.25, 0.3) is 0 Å². The number of para-hydroxylation sites is 2. The molecule has 0 saturated heterocycles. The highest BCUT2D eigenvalue weighted by atomic mass is 16.3. The minimum absolute atomic E-state index is 0.878. The summed E-state index contributed by atoms with van der Waals surface area (Å²) in [7, 11) is 0. The van der Waals surface area contributed by atoms with Gasteiger partial charge in [0, 0.05) is 27.4 Å². The zero-order valence-electron chi connectivity index (χ0n) is 29.6. The molecular formula is C52H35NO. The quantitative estimate of drug-likeness (QED) is 0.166. The normalized spacial score (nSPS) is 11.3. The fraction of sp³-hybridized carbons (Fsp3) is 0. The second kappa shape index (κ2) is 13.4. The van der Waals surface area contributed by atoms with Gasteiger partial charge in [-0.25, -0.2) is 0 Å². The molecule has 0 unspecified atom stereocenters. The van der Waals surface area contributed by atoms with E-state index in [1.54, 1.807) is 0 Å². The van der Waals surface area contributed by atoms with Crippen molar-refractivity contribution in [1.29, 1.82) is 0 Å². The average Bonchev–Trinajstić information content (AvgIpc) is 3.63. The van der Waals surface area contributed by atoms with E-state index < -0.39 is 0 Å². The molecule has 0 amide bonds. The highest BCUT2D eigenvalue weighted by Gasteiger charge is 2.22. The molecule has 1 aromatic heterocycles. The van der Waals surface area contributed by atoms with E-state index in [-0.39, 0.29) is 0 Å². The van der Waals surface area contributed by atoms with Gasteiger partial charge in [0.1, 0.15) is 11.2 Å². The van der Waals surface area contributed by atoms with E-state index in [0.717, 1.165) is 50.1 Å². The summed E-state index contributed by atoms with van der Waals surface area (Å²) in [5.74, 6) is 0. The maximum Gasteiger partial charge on any atom is 0.135 e. The number of anilines is 3. The van der Waals surface area contributed by atoms with Crippen molar-refractivity contribution in [2.24, 2.45) is 0 Å². The Morgan fingerprint density at radius 2 is 0.889 bits per heavy atom. The first-order chi connectivity index (χ1) is 26.8. The highest BCUT2D eigenvalue weighted by molar-refractivity contribution is 6.08. The molecule has 0 aliphatic rings. The smallest absolute Gasteiger partial charge is 0.135 e. The second-order valence-electron chi connectivity index (χ2n) is 13.7. The maximum atomic E-state index is 6.30. The summed E-state index contributed by atoms with van der Waals surface area (Å²) in [4.78, 5) is 2.42. The van der Waals surface area contributed by atoms with Crippen LogP contribution in [0.5, 0.6) is 0 Å². The lowest BCUT2D eigenvalue weighted by Gasteiger charge is -2.29. The van der Waals surface area contributed by atoms with Crippen LogP contribution in [0.1, 0.15) is 0 Å². The van der Waals surface area contributed by atoms with Gasteiger partial charge in [-0.3, -0.25) is 0 Å². The first-order valence-corrected chi connectivity index (χ1v) is 18.4. The lowest BCUT2D eigenvalue weighted by atomic mass is 9.87. The fourth-order valence-electron chi connectivity index (χ4n) is 7.96. The molecular weight excluding hydrogens is 655 g/mol. The molecule has 0 N–H and O–H groups in total. The molecule has 0 spiro atoms. The van der Waals surface area contributed by atoms with Crippen LogP contribution in [0.4, 0.5) is 17.1 Å². The topological polar surface area (TPSA) is 16.4 Å². The van der Waals surface area contributed by atoms with Gasteiger partial charge in [0.15, 0.2) is 0 Å². The van der Waals surface area contributed by atoms with Gasteiger partial charge in [-0.05, 0) is 86.8 Å². The van der Waals surface area contributed by atoms with Crippen molar-refractivity contribution in [1.82, 2.24) is 0 Å². The Morgan fingerprint density at radius 1 is 0.296 bits per heavy atom. The third kappa shape index (κ3) is 5.53. The third-order valence-electron chi connectivity index (χ3n) is 10.5. The van der Waals surface area contributed by atoms with Crippen molar-refractivity contribution >= 4 is 49.8 Å². The molecule has 254 valence electrons. The summed E-state index contributed by atoms with van der Waals surface area (Å²) in [6.45, 7) is 0. The monoisotopic (exact) mass is 689 g/mol. The molecule has 0 fully saturated rings. The standard InChI is InChI=1S/C52H35NO/c1-3-16-36(17-4-1)39-30-32-41(37-18-5-2-6-19-37)47(34-39)44-24-10-9-23-43(44)45-25-11-13-27-50(45)53(49-28-15-21-38-20-7-8-22-42(38)49)40-31-33-52-48(35-40)46-26-12-14-29-51(46)54-52/h1-35H. The van der Waals surface area contributed by atoms with Crippen molar-refractivity contribution in [3.05, 3.63) is 212 Å². The molecule has 2 heteroatoms. The molecule has 0 bridgehead atoms. The third-order valence-corrected chi connectivity index (χ3v) is 10.5. The van der Waals surface area contributed by atoms with E-state index in [2.05, 4.69) is 205 Å². The molecule has 2 nitrogen and oxygen atoms in total. The first-order valence-electron chi connectivity index (χ1n) is 18.4. The van der Waals surface area contributed by atoms with Crippen LogP contribution < -0.4 is 4.90 Å². The molecule has 10 aromatic rings. The molecule has 0 radical (unpaired) electrons. The average molecular weight is 690 g/mol. The Hall–Kier alpha value is -7.16. The minimum atomic E-state index is 0.878. The zero-order valence-corrected chi connectivity index (χ0v) is 29.6. The number of hydrogen-bond acceptors (Lipinski definition) is 2. The van der Waals surface area contributed by atoms with E-state index in [9.17, 15) is 0 Å². The van der Waals surface area contributed by atoms with Crippen LogP contribution in [0.2, 0.25) is 0 Å². The van der Waals surface area contributed by atoms with Crippen molar-refractivity contribution in [3.63, 3.8) is 0 Å². The van der Waals surface area contributed by atoms with Crippen LogP contribution in [-0.4, -0.2) is 0 Å². The van der Waals surface area contributed by atoms with E-state index in [1.165, 1.54) is 44.2 Å². The predicted octanol–water partition coefficient (Wildman–Crippen LogP) is 14.9. The predicted molar refractivity (Wildman–Crippen MR) is 228 cm³/mol. The molecule has 0 aliphatic carbocycles. The van der Waals surface area contributed by atoms with Gasteiger partial charge in [-0.15, -0.1) is 0 Å². The van der Waals surface area contributed by atoms with E-state index in [1.807, 2.05) is 12.1 Å². The van der Waals surface area contributed by atoms with Crippen LogP contribution >= 0.6 is 0 Å². The number of hydrogen-bond donors (Lipinski definition) is 0. The molecule has 0 atom stereocenters. The van der Waals surface area contributed by atoms with Crippen LogP contribution in [0, 0.1) is 0 Å². The summed E-state index contributed by atoms with van der Waals surface area (Å²) in [5, 5.41) is 4.58. The molecule has 10 rings (SSSR count). The Balaban J connectivity index is 1.23. The molecule has 0 aliphatic heterocycles. The number of rotatable bonds is 7. The number of furan rings is 1. The van der Waals surface area contributed by atoms with Crippen LogP contribution in [0.3, 0.4) is 0 Å². The number of fused-ring (bicyclic) bond motifs is 4. The van der Waals surface area contributed by atoms with Gasteiger partial charge in [-0.2, -0.15) is 0 Å². The SMILES string of the molecule is c1ccc(-c2ccc(-c3ccccc3)c(-c3ccccc3-c3ccccc3N(c3ccc4oc5ccccc5c4c3)c3cccc4ccccc34)c2)cc1. The summed E-state index contributed by atoms with van der Waals surface area (Å²) in [5.41, 5.74) is 14.5. The van der Waals surface area contributed by atoms with Crippen LogP contribution in [-0.2, 0) is 0 Å². The van der Waals surface area contributed by atoms with E-state index in [4.69, 9.17) is 4.42 Å². The van der Waals surface area contributed by atoms with Crippen LogP contribution in [0.25, 0.3) is 77.2 Å². The van der Waals surface area contributed by atoms with Gasteiger partial charge < -0.3 is 9.32 Å². The van der Waals surface area contributed by atoms with Crippen molar-refractivity contribution < 1.29 is 4.42 Å². The Labute approximate surface area is 314 Å². The van der Waals surface area contributed by atoms with Gasteiger partial charge in [0.2, 0.25) is 0 Å². The second-order valence-corrected chi connectivity index (χ2v) is 13.7. The molecule has 1 heterocycles. The molecule has 9 aromatic carbocycles. The number of benzene rings is 9. The van der Waals surface area contributed by atoms with E-state index >= 15 is 0 Å². The summed E-state index contributed by atoms with van der Waals surface area (Å²) in [6, 6.07) is 76.1. The zero-order chi connectivity index (χ0) is 35.8. The van der Waals surface area contributed by atoms with Gasteiger partial charge >= 0.3 is 0 Å². The number of nitrogens with zero attached hydrogens (tertiary/aromatic N) is 1. The van der Waals surface area contributed by atoms with Crippen LogP contribution in [0.15, 0.2) is 217 Å². The maximum absolute atomic E-state index is 6.30. The largest absolute Gasteiger partial charge is 0.456 e. The van der Waals surface area contributed by atoms with Gasteiger partial charge in [-0.1, -0.05) is 170 Å². The van der Waals surface area contributed by atoms with Crippen molar-refractivity contribution in [3.8, 4) is 44.5 Å². The summed E-state index contributed by atoms with van der Waals surface area (Å²) >= 11 is 0. The lowest BCUT2D eigenvalue weighted by Crippen LogP contribution is -2.12. The summed E-state index contributed by atoms with van der Waals surface area (Å²) < 4.78 is 6.30. The minimum Gasteiger partial charge on any atom is -0.456 e. The van der Waals surface area contributed by atoms with Gasteiger partial charge in [0.05, 0.1) is 11.4 Å². The first kappa shape index (κ1) is 31.6. The Kier molecular flexibility index (Phi) is 7.85. The Morgan fingerprint density at radius 3 is 1.70 bits per heavy atom. The van der Waals surface area contributed by atoms with Crippen molar-refractivity contribution in [2.45, 2.75) is 0 Å². The lowest BCUT2D eigenvalue weighted by molar-refractivity contribution is 0.669. The molecule has 0 saturated carbocycles. The van der Waals surface area contributed by atoms with E-state index in [0.29, 0.717) is 0 Å². The molecule has 54 heavy (non-hydrogen) atoms. The van der Waals surface area contributed by atoms with Crippen molar-refractivity contribution in [2.75, 3.05) is 4.90 Å². The summed E-state index contributed by atoms with van der Waals surface area (Å²) in [6.07, 6.45) is 0. The highest BCUT2D eigenvalue weighted by Crippen LogP contribution is 2.48. The fourth-order valence-corrected chi connectivity index (χ4v) is 7.96. The Bertz CT molecular complexity index is 2940.